The molecule has 0 aliphatic heterocycles. The van der Waals surface area contributed by atoms with Crippen LogP contribution in [-0.2, 0) is 0 Å². The lowest BCUT2D eigenvalue weighted by atomic mass is 10.1. The zero-order valence-electron chi connectivity index (χ0n) is 16.6. The Hall–Kier alpha value is -4.31. The van der Waals surface area contributed by atoms with Crippen LogP contribution in [0.15, 0.2) is 109 Å². The van der Waals surface area contributed by atoms with E-state index in [9.17, 15) is 9.59 Å². The van der Waals surface area contributed by atoms with Gasteiger partial charge in [-0.15, -0.1) is 0 Å². The lowest BCUT2D eigenvalue weighted by Crippen LogP contribution is -2.09. The van der Waals surface area contributed by atoms with Gasteiger partial charge in [-0.05, 0) is 60.2 Å². The second-order valence-corrected chi connectivity index (χ2v) is 7.21. The van der Waals surface area contributed by atoms with Crippen molar-refractivity contribution in [2.75, 3.05) is 4.90 Å². The minimum absolute atomic E-state index is 0.157. The molecule has 0 unspecified atom stereocenters. The van der Waals surface area contributed by atoms with Gasteiger partial charge < -0.3 is 4.90 Å². The smallest absolute Gasteiger partial charge is 0.216 e. The zero-order valence-corrected chi connectivity index (χ0v) is 16.6. The van der Waals surface area contributed by atoms with Crippen molar-refractivity contribution in [2.24, 2.45) is 0 Å². The van der Waals surface area contributed by atoms with Crippen molar-refractivity contribution in [3.63, 3.8) is 0 Å². The van der Waals surface area contributed by atoms with Crippen LogP contribution in [0.1, 0.15) is 26.4 Å². The van der Waals surface area contributed by atoms with Crippen molar-refractivity contribution < 1.29 is 9.59 Å². The quantitative estimate of drug-likeness (QED) is 0.310. The number of carbonyl (C=O) groups is 2. The van der Waals surface area contributed by atoms with Crippen LogP contribution in [0.3, 0.4) is 0 Å². The number of anilines is 3. The number of benzene rings is 3. The molecule has 0 saturated heterocycles. The summed E-state index contributed by atoms with van der Waals surface area (Å²) in [4.78, 5) is 31.4. The van der Waals surface area contributed by atoms with E-state index >= 15 is 0 Å². The van der Waals surface area contributed by atoms with Gasteiger partial charge in [0.05, 0.1) is 11.1 Å². The largest absolute Gasteiger partial charge is 0.311 e. The fraction of sp³-hybridized carbons (Fsp3) is 0. The molecule has 1 aliphatic carbocycles. The number of rotatable bonds is 4. The van der Waals surface area contributed by atoms with Gasteiger partial charge in [0.15, 0.2) is 5.78 Å². The van der Waals surface area contributed by atoms with Crippen molar-refractivity contribution in [3.05, 3.63) is 126 Å². The molecule has 4 nitrogen and oxygen atoms in total. The van der Waals surface area contributed by atoms with E-state index in [0.717, 1.165) is 22.6 Å². The molecule has 0 amide bonds. The van der Waals surface area contributed by atoms with E-state index in [0.29, 0.717) is 5.56 Å². The van der Waals surface area contributed by atoms with Gasteiger partial charge in [0, 0.05) is 23.3 Å². The Labute approximate surface area is 180 Å². The van der Waals surface area contributed by atoms with Crippen molar-refractivity contribution >= 4 is 34.7 Å². The summed E-state index contributed by atoms with van der Waals surface area (Å²) >= 11 is 0. The monoisotopic (exact) mass is 402 g/mol. The highest BCUT2D eigenvalue weighted by Crippen LogP contribution is 2.34. The van der Waals surface area contributed by atoms with E-state index in [2.05, 4.69) is 34.1 Å². The van der Waals surface area contributed by atoms with E-state index in [4.69, 9.17) is 0 Å². The summed E-state index contributed by atoms with van der Waals surface area (Å²) in [7, 11) is 0. The van der Waals surface area contributed by atoms with Crippen LogP contribution in [-0.4, -0.2) is 16.6 Å². The predicted octanol–water partition coefficient (Wildman–Crippen LogP) is 6.01. The molecule has 0 N–H and O–H groups in total. The number of para-hydroxylation sites is 2. The van der Waals surface area contributed by atoms with Crippen molar-refractivity contribution in [3.8, 4) is 0 Å². The van der Waals surface area contributed by atoms with Gasteiger partial charge in [0.2, 0.25) is 5.78 Å². The number of ketones is 2. The van der Waals surface area contributed by atoms with Crippen LogP contribution in [0.2, 0.25) is 0 Å². The highest BCUT2D eigenvalue weighted by Gasteiger charge is 2.33. The first-order valence-corrected chi connectivity index (χ1v) is 9.99. The number of hydrogen-bond acceptors (Lipinski definition) is 4. The molecule has 1 aromatic heterocycles. The summed E-state index contributed by atoms with van der Waals surface area (Å²) in [5.41, 5.74) is 4.61. The topological polar surface area (TPSA) is 50.3 Å². The predicted molar refractivity (Wildman–Crippen MR) is 122 cm³/mol. The molecule has 4 heteroatoms. The molecule has 0 spiro atoms. The average Bonchev–Trinajstić information content (AvgIpc) is 3.07. The number of carbonyl (C=O) groups excluding carboxylic acids is 2. The van der Waals surface area contributed by atoms with Crippen LogP contribution in [0.25, 0.3) is 6.08 Å². The third kappa shape index (κ3) is 3.45. The third-order valence-electron chi connectivity index (χ3n) is 5.25. The maximum absolute atomic E-state index is 12.6. The van der Waals surface area contributed by atoms with Crippen LogP contribution >= 0.6 is 0 Å². The highest BCUT2D eigenvalue weighted by atomic mass is 16.2. The first kappa shape index (κ1) is 18.7. The number of hydrogen-bond donors (Lipinski definition) is 0. The minimum Gasteiger partial charge on any atom is -0.311 e. The van der Waals surface area contributed by atoms with E-state index < -0.39 is 0 Å². The lowest BCUT2D eigenvalue weighted by Gasteiger charge is -2.25. The average molecular weight is 402 g/mol. The molecule has 3 aromatic carbocycles. The summed E-state index contributed by atoms with van der Waals surface area (Å²) in [5, 5.41) is 0. The second-order valence-electron chi connectivity index (χ2n) is 7.21. The fourth-order valence-corrected chi connectivity index (χ4v) is 3.76. The van der Waals surface area contributed by atoms with E-state index in [1.807, 2.05) is 60.7 Å². The molecule has 148 valence electrons. The Morgan fingerprint density at radius 2 is 1.19 bits per heavy atom. The van der Waals surface area contributed by atoms with Gasteiger partial charge in [-0.1, -0.05) is 48.5 Å². The number of Topliss-reactive ketones (excluding diaryl/α,β-unsaturated/α-hetero) is 2. The van der Waals surface area contributed by atoms with Crippen molar-refractivity contribution in [2.45, 2.75) is 0 Å². The minimum atomic E-state index is -0.320. The molecule has 1 heterocycles. The molecule has 5 rings (SSSR count). The van der Waals surface area contributed by atoms with Crippen LogP contribution < -0.4 is 4.90 Å². The molecular weight excluding hydrogens is 384 g/mol. The Bertz CT molecular complexity index is 1220. The Balaban J connectivity index is 1.50. The van der Waals surface area contributed by atoms with Gasteiger partial charge in [-0.25, -0.2) is 0 Å². The molecule has 31 heavy (non-hydrogen) atoms. The highest BCUT2D eigenvalue weighted by molar-refractivity contribution is 6.40. The fourth-order valence-electron chi connectivity index (χ4n) is 3.76. The summed E-state index contributed by atoms with van der Waals surface area (Å²) < 4.78 is 0. The number of allylic oxidation sites excluding steroid dienone is 1. The first-order chi connectivity index (χ1) is 15.2. The summed E-state index contributed by atoms with van der Waals surface area (Å²) in [5.74, 6) is -0.591. The van der Waals surface area contributed by atoms with E-state index in [1.165, 1.54) is 6.20 Å². The summed E-state index contributed by atoms with van der Waals surface area (Å²) in [6.07, 6.45) is 3.18. The van der Waals surface area contributed by atoms with Gasteiger partial charge >= 0.3 is 0 Å². The molecule has 0 atom stereocenters. The molecule has 0 fully saturated rings. The van der Waals surface area contributed by atoms with Gasteiger partial charge in [-0.3, -0.25) is 14.6 Å². The molecule has 1 aliphatic rings. The van der Waals surface area contributed by atoms with E-state index in [1.54, 1.807) is 18.2 Å². The molecule has 0 radical (unpaired) electrons. The maximum Gasteiger partial charge on any atom is 0.216 e. The second kappa shape index (κ2) is 7.84. The van der Waals surface area contributed by atoms with Crippen molar-refractivity contribution in [1.82, 2.24) is 4.98 Å². The third-order valence-corrected chi connectivity index (χ3v) is 5.25. The molecule has 0 saturated carbocycles. The Kier molecular flexibility index (Phi) is 4.73. The van der Waals surface area contributed by atoms with E-state index in [-0.39, 0.29) is 22.8 Å². The van der Waals surface area contributed by atoms with Gasteiger partial charge in [0.25, 0.3) is 0 Å². The first-order valence-electron chi connectivity index (χ1n) is 9.99. The normalized spacial score (nSPS) is 14.0. The molecular formula is C27H18N2O2. The van der Waals surface area contributed by atoms with Gasteiger partial charge in [-0.2, -0.15) is 0 Å². The summed E-state index contributed by atoms with van der Waals surface area (Å²) in [6.45, 7) is 0. The molecule has 0 bridgehead atoms. The lowest BCUT2D eigenvalue weighted by molar-refractivity contribution is 0.0989. The number of aromatic nitrogens is 1. The number of pyridine rings is 1. The molecule has 4 aromatic rings. The number of fused-ring (bicyclic) bond motifs is 1. The summed E-state index contributed by atoms with van der Waals surface area (Å²) in [6, 6.07) is 31.4. The zero-order chi connectivity index (χ0) is 21.2. The standard InChI is InChI=1S/C27H18N2O2/c30-26-23-12-7-17-28-25(23)27(31)24(26)18-19-13-15-22(16-14-19)29(20-8-3-1-4-9-20)21-10-5-2-6-11-21/h1-18H. The van der Waals surface area contributed by atoms with Gasteiger partial charge in [0.1, 0.15) is 5.69 Å². The SMILES string of the molecule is O=C1C(=Cc2ccc(N(c3ccccc3)c3ccccc3)cc2)C(=O)c2ncccc21. The van der Waals surface area contributed by atoms with Crippen molar-refractivity contribution in [1.29, 1.82) is 0 Å². The maximum atomic E-state index is 12.6. The van der Waals surface area contributed by atoms with Crippen LogP contribution in [0, 0.1) is 0 Å². The Morgan fingerprint density at radius 3 is 1.77 bits per heavy atom. The van der Waals surface area contributed by atoms with Crippen LogP contribution in [0.5, 0.6) is 0 Å². The van der Waals surface area contributed by atoms with Crippen LogP contribution in [0.4, 0.5) is 17.1 Å². The Morgan fingerprint density at radius 1 is 0.613 bits per heavy atom. The number of nitrogens with zero attached hydrogens (tertiary/aromatic N) is 2.